The van der Waals surface area contributed by atoms with Crippen molar-refractivity contribution in [1.29, 1.82) is 5.26 Å². The molecule has 0 radical (unpaired) electrons. The zero-order chi connectivity index (χ0) is 18.4. The minimum absolute atomic E-state index is 0.0968. The van der Waals surface area contributed by atoms with Crippen molar-refractivity contribution in [2.45, 2.75) is 65.5 Å². The minimum Gasteiger partial charge on any atom is -0.396 e. The Hall–Kier alpha value is -2.06. The Morgan fingerprint density at radius 3 is 2.64 bits per heavy atom. The molecule has 0 unspecified atom stereocenters. The number of hydrogen-bond donors (Lipinski definition) is 2. The molecular weight excluding hydrogens is 314 g/mol. The number of nitriles is 1. The van der Waals surface area contributed by atoms with Crippen molar-refractivity contribution < 1.29 is 9.90 Å². The second kappa shape index (κ2) is 8.87. The van der Waals surface area contributed by atoms with Crippen LogP contribution < -0.4 is 5.32 Å². The van der Waals surface area contributed by atoms with Crippen molar-refractivity contribution in [2.24, 2.45) is 5.92 Å². The summed E-state index contributed by atoms with van der Waals surface area (Å²) in [6, 6.07) is 4.17. The molecule has 136 valence electrons. The van der Waals surface area contributed by atoms with Gasteiger partial charge in [0.05, 0.1) is 0 Å². The van der Waals surface area contributed by atoms with E-state index in [0.29, 0.717) is 5.92 Å². The summed E-state index contributed by atoms with van der Waals surface area (Å²) >= 11 is 0. The fourth-order valence-electron chi connectivity index (χ4n) is 3.60. The molecule has 0 atom stereocenters. The molecule has 1 aromatic heterocycles. The molecule has 5 heteroatoms. The maximum absolute atomic E-state index is 12.5. The van der Waals surface area contributed by atoms with Crippen molar-refractivity contribution in [3.8, 4) is 6.07 Å². The van der Waals surface area contributed by atoms with Crippen LogP contribution in [0, 0.1) is 31.1 Å². The Labute approximate surface area is 150 Å². The molecule has 1 aromatic rings. The first-order chi connectivity index (χ1) is 12.0. The number of aliphatic hydroxyl groups excluding tert-OH is 1. The first-order valence-electron chi connectivity index (χ1n) is 9.20. The topological polar surface area (TPSA) is 78.0 Å². The van der Waals surface area contributed by atoms with E-state index in [1.165, 1.54) is 0 Å². The lowest BCUT2D eigenvalue weighted by Crippen LogP contribution is -2.38. The van der Waals surface area contributed by atoms with Gasteiger partial charge in [-0.2, -0.15) is 5.26 Å². The normalized spacial score (nSPS) is 21.0. The number of nitrogens with one attached hydrogen (secondary N) is 1. The number of nitrogens with zero attached hydrogens (tertiary/aromatic N) is 2. The third-order valence-electron chi connectivity index (χ3n) is 5.17. The van der Waals surface area contributed by atoms with Crippen molar-refractivity contribution in [3.05, 3.63) is 28.6 Å². The van der Waals surface area contributed by atoms with Crippen LogP contribution >= 0.6 is 0 Å². The highest BCUT2D eigenvalue weighted by Crippen LogP contribution is 2.24. The van der Waals surface area contributed by atoms with Crippen LogP contribution in [0.2, 0.25) is 0 Å². The van der Waals surface area contributed by atoms with Gasteiger partial charge in [0.1, 0.15) is 11.6 Å². The molecule has 0 saturated heterocycles. The lowest BCUT2D eigenvalue weighted by Gasteiger charge is -2.27. The third-order valence-corrected chi connectivity index (χ3v) is 5.17. The van der Waals surface area contributed by atoms with Gasteiger partial charge in [0, 0.05) is 30.6 Å². The number of aliphatic hydroxyl groups is 1. The van der Waals surface area contributed by atoms with Crippen LogP contribution in [0.4, 0.5) is 0 Å². The van der Waals surface area contributed by atoms with Crippen LogP contribution in [0.15, 0.2) is 11.6 Å². The molecule has 0 aliphatic heterocycles. The van der Waals surface area contributed by atoms with Crippen LogP contribution in [0.3, 0.4) is 0 Å². The van der Waals surface area contributed by atoms with Gasteiger partial charge in [0.2, 0.25) is 0 Å². The van der Waals surface area contributed by atoms with Gasteiger partial charge in [-0.3, -0.25) is 4.79 Å². The number of aromatic nitrogens is 1. The van der Waals surface area contributed by atoms with Gasteiger partial charge in [0.15, 0.2) is 0 Å². The van der Waals surface area contributed by atoms with Gasteiger partial charge in [-0.1, -0.05) is 6.92 Å². The average Bonchev–Trinajstić information content (AvgIpc) is 2.88. The summed E-state index contributed by atoms with van der Waals surface area (Å²) in [7, 11) is 0. The van der Waals surface area contributed by atoms with Crippen molar-refractivity contribution in [3.63, 3.8) is 0 Å². The number of rotatable bonds is 6. The van der Waals surface area contributed by atoms with E-state index in [9.17, 15) is 15.2 Å². The van der Waals surface area contributed by atoms with Crippen LogP contribution in [-0.2, 0) is 11.3 Å². The highest BCUT2D eigenvalue weighted by Gasteiger charge is 2.23. The van der Waals surface area contributed by atoms with Gasteiger partial charge in [-0.25, -0.2) is 0 Å². The van der Waals surface area contributed by atoms with E-state index in [1.807, 2.05) is 26.0 Å². The smallest absolute Gasteiger partial charge is 0.262 e. The summed E-state index contributed by atoms with van der Waals surface area (Å²) < 4.78 is 2.22. The molecular formula is C20H29N3O2. The molecule has 1 saturated carbocycles. The summed E-state index contributed by atoms with van der Waals surface area (Å²) in [5, 5.41) is 21.6. The van der Waals surface area contributed by atoms with Crippen molar-refractivity contribution in [2.75, 3.05) is 6.61 Å². The molecule has 1 fully saturated rings. The molecule has 0 spiro atoms. The van der Waals surface area contributed by atoms with E-state index in [1.54, 1.807) is 6.08 Å². The zero-order valence-electron chi connectivity index (χ0n) is 15.5. The van der Waals surface area contributed by atoms with E-state index in [-0.39, 0.29) is 24.1 Å². The minimum atomic E-state index is -0.296. The number of carbonyl (C=O) groups excluding carboxylic acids is 1. The molecule has 2 N–H and O–H groups in total. The van der Waals surface area contributed by atoms with E-state index >= 15 is 0 Å². The molecule has 1 heterocycles. The summed E-state index contributed by atoms with van der Waals surface area (Å²) in [5.41, 5.74) is 3.32. The first kappa shape index (κ1) is 19.3. The van der Waals surface area contributed by atoms with E-state index in [2.05, 4.69) is 16.8 Å². The van der Waals surface area contributed by atoms with Gasteiger partial charge in [-0.15, -0.1) is 0 Å². The first-order valence-corrected chi connectivity index (χ1v) is 9.20. The Morgan fingerprint density at radius 1 is 1.40 bits per heavy atom. The molecule has 1 amide bonds. The number of hydrogen-bond acceptors (Lipinski definition) is 3. The molecule has 1 aliphatic carbocycles. The number of amides is 1. The Kier molecular flexibility index (Phi) is 6.83. The second-order valence-corrected chi connectivity index (χ2v) is 7.02. The van der Waals surface area contributed by atoms with Crippen molar-refractivity contribution >= 4 is 12.0 Å². The summed E-state index contributed by atoms with van der Waals surface area (Å²) in [6.45, 7) is 7.36. The molecule has 1 aliphatic rings. The van der Waals surface area contributed by atoms with E-state index in [4.69, 9.17) is 0 Å². The van der Waals surface area contributed by atoms with E-state index in [0.717, 1.165) is 55.6 Å². The van der Waals surface area contributed by atoms with Gasteiger partial charge in [0.25, 0.3) is 5.91 Å². The van der Waals surface area contributed by atoms with Crippen LogP contribution in [0.5, 0.6) is 0 Å². The van der Waals surface area contributed by atoms with Gasteiger partial charge >= 0.3 is 0 Å². The van der Waals surface area contributed by atoms with Gasteiger partial charge in [-0.05, 0) is 69.6 Å². The van der Waals surface area contributed by atoms with Gasteiger partial charge < -0.3 is 15.0 Å². The quantitative estimate of drug-likeness (QED) is 0.615. The lowest BCUT2D eigenvalue weighted by atomic mass is 9.86. The largest absolute Gasteiger partial charge is 0.396 e. The summed E-state index contributed by atoms with van der Waals surface area (Å²) in [4.78, 5) is 12.5. The van der Waals surface area contributed by atoms with Crippen molar-refractivity contribution in [1.82, 2.24) is 9.88 Å². The third kappa shape index (κ3) is 4.73. The molecule has 0 bridgehead atoms. The summed E-state index contributed by atoms with van der Waals surface area (Å²) in [5.74, 6) is 0.0540. The molecule has 2 rings (SSSR count). The number of carbonyl (C=O) groups is 1. The standard InChI is InChI=1S/C20H29N3O2/c1-4-9-23-14(2)10-17(15(23)3)11-18(12-21)20(25)22-19-7-5-16(13-24)6-8-19/h10-11,16,19,24H,4-9,13H2,1-3H3,(H,22,25)/b18-11-. The van der Waals surface area contributed by atoms with Crippen LogP contribution in [-0.4, -0.2) is 28.2 Å². The molecule has 25 heavy (non-hydrogen) atoms. The fraction of sp³-hybridized carbons (Fsp3) is 0.600. The predicted molar refractivity (Wildman–Crippen MR) is 98.8 cm³/mol. The number of aryl methyl sites for hydroxylation is 1. The Morgan fingerprint density at radius 2 is 2.08 bits per heavy atom. The molecule has 0 aromatic carbocycles. The highest BCUT2D eigenvalue weighted by atomic mass is 16.3. The second-order valence-electron chi connectivity index (χ2n) is 7.02. The zero-order valence-corrected chi connectivity index (χ0v) is 15.5. The predicted octanol–water partition coefficient (Wildman–Crippen LogP) is 3.09. The van der Waals surface area contributed by atoms with E-state index < -0.39 is 0 Å². The maximum atomic E-state index is 12.5. The van der Waals surface area contributed by atoms with Crippen LogP contribution in [0.1, 0.15) is 56.0 Å². The fourth-order valence-corrected chi connectivity index (χ4v) is 3.60. The average molecular weight is 343 g/mol. The highest BCUT2D eigenvalue weighted by molar-refractivity contribution is 6.02. The summed E-state index contributed by atoms with van der Waals surface area (Å²) in [6.07, 6.45) is 6.31. The SMILES string of the molecule is CCCn1c(C)cc(/C=C(/C#N)C(=O)NC2CCC(CO)CC2)c1C. The Balaban J connectivity index is 2.09. The molecule has 5 nitrogen and oxygen atoms in total. The lowest BCUT2D eigenvalue weighted by molar-refractivity contribution is -0.118. The monoisotopic (exact) mass is 343 g/mol. The van der Waals surface area contributed by atoms with Crippen LogP contribution in [0.25, 0.3) is 6.08 Å². The Bertz CT molecular complexity index is 674. The maximum Gasteiger partial charge on any atom is 0.262 e.